The van der Waals surface area contributed by atoms with E-state index in [0.717, 1.165) is 17.3 Å². The van der Waals surface area contributed by atoms with Crippen LogP contribution in [0.3, 0.4) is 0 Å². The lowest BCUT2D eigenvalue weighted by Crippen LogP contribution is -2.57. The van der Waals surface area contributed by atoms with E-state index < -0.39 is 17.6 Å². The first-order valence-electron chi connectivity index (χ1n) is 11.2. The Labute approximate surface area is 211 Å². The molecule has 2 amide bonds. The molecular formula is C23H25N5O5S2. The maximum absolute atomic E-state index is 13.7. The second kappa shape index (κ2) is 10.2. The molecule has 4 heterocycles. The molecule has 35 heavy (non-hydrogen) atoms. The molecule has 2 aromatic heterocycles. The number of esters is 1. The summed E-state index contributed by atoms with van der Waals surface area (Å²) in [7, 11) is 0. The number of rotatable bonds is 6. The highest BCUT2D eigenvalue weighted by Gasteiger charge is 2.36. The SMILES string of the molecule is CCOC(=O)C[C@@H]1C(=O)NCCN1c1nc2c(C)cccn2c(=O)c1/C=C1\SC(=S)N(CC)C1=O. The van der Waals surface area contributed by atoms with Crippen molar-refractivity contribution in [2.45, 2.75) is 33.2 Å². The third kappa shape index (κ3) is 4.67. The molecule has 0 unspecified atom stereocenters. The lowest BCUT2D eigenvalue weighted by Gasteiger charge is -2.36. The molecule has 1 N–H and O–H groups in total. The monoisotopic (exact) mass is 515 g/mol. The Morgan fingerprint density at radius 2 is 2.11 bits per heavy atom. The molecule has 0 aromatic carbocycles. The highest BCUT2D eigenvalue weighted by atomic mass is 32.2. The summed E-state index contributed by atoms with van der Waals surface area (Å²) in [6, 6.07) is 2.65. The second-order valence-electron chi connectivity index (χ2n) is 7.97. The first-order chi connectivity index (χ1) is 16.8. The summed E-state index contributed by atoms with van der Waals surface area (Å²) in [5.74, 6) is -0.949. The van der Waals surface area contributed by atoms with Gasteiger partial charge in [0.2, 0.25) is 5.91 Å². The zero-order valence-corrected chi connectivity index (χ0v) is 21.2. The molecule has 2 saturated heterocycles. The predicted molar refractivity (Wildman–Crippen MR) is 137 cm³/mol. The molecule has 1 atom stereocenters. The number of anilines is 1. The van der Waals surface area contributed by atoms with Gasteiger partial charge < -0.3 is 15.0 Å². The third-order valence-corrected chi connectivity index (χ3v) is 7.18. The second-order valence-corrected chi connectivity index (χ2v) is 9.65. The van der Waals surface area contributed by atoms with E-state index in [4.69, 9.17) is 21.9 Å². The van der Waals surface area contributed by atoms with Crippen LogP contribution in [0, 0.1) is 6.92 Å². The summed E-state index contributed by atoms with van der Waals surface area (Å²) < 4.78 is 6.89. The van der Waals surface area contributed by atoms with E-state index in [0.29, 0.717) is 34.5 Å². The molecule has 0 saturated carbocycles. The summed E-state index contributed by atoms with van der Waals surface area (Å²) in [5, 5.41) is 2.76. The number of pyridine rings is 1. The van der Waals surface area contributed by atoms with Crippen molar-refractivity contribution in [3.63, 3.8) is 0 Å². The molecule has 2 aliphatic rings. The van der Waals surface area contributed by atoms with E-state index in [1.165, 1.54) is 15.4 Å². The number of hydrogen-bond acceptors (Lipinski definition) is 9. The first kappa shape index (κ1) is 24.9. The molecule has 184 valence electrons. The molecular weight excluding hydrogens is 490 g/mol. The lowest BCUT2D eigenvalue weighted by molar-refractivity contribution is -0.145. The number of likely N-dealkylation sites (N-methyl/N-ethyl adjacent to an activating group) is 1. The minimum Gasteiger partial charge on any atom is -0.466 e. The van der Waals surface area contributed by atoms with Crippen molar-refractivity contribution in [3.8, 4) is 0 Å². The lowest BCUT2D eigenvalue weighted by atomic mass is 10.1. The zero-order valence-electron chi connectivity index (χ0n) is 19.6. The number of hydrogen-bond donors (Lipinski definition) is 1. The average molecular weight is 516 g/mol. The van der Waals surface area contributed by atoms with Gasteiger partial charge in [0.25, 0.3) is 11.5 Å². The van der Waals surface area contributed by atoms with Crippen molar-refractivity contribution in [2.75, 3.05) is 31.1 Å². The van der Waals surface area contributed by atoms with Crippen LogP contribution in [-0.4, -0.2) is 68.7 Å². The van der Waals surface area contributed by atoms with Gasteiger partial charge in [-0.2, -0.15) is 0 Å². The molecule has 4 rings (SSSR count). The van der Waals surface area contributed by atoms with E-state index in [-0.39, 0.29) is 36.2 Å². The molecule has 2 fully saturated rings. The van der Waals surface area contributed by atoms with Gasteiger partial charge in [-0.1, -0.05) is 30.0 Å². The molecule has 2 aliphatic heterocycles. The van der Waals surface area contributed by atoms with Crippen LogP contribution >= 0.6 is 24.0 Å². The van der Waals surface area contributed by atoms with E-state index in [2.05, 4.69) is 5.32 Å². The van der Waals surface area contributed by atoms with Gasteiger partial charge in [0.05, 0.1) is 23.5 Å². The highest BCUT2D eigenvalue weighted by molar-refractivity contribution is 8.26. The van der Waals surface area contributed by atoms with Gasteiger partial charge in [0.15, 0.2) is 0 Å². The third-order valence-electron chi connectivity index (χ3n) is 5.80. The smallest absolute Gasteiger partial charge is 0.308 e. The number of thioether (sulfide) groups is 1. The first-order valence-corrected chi connectivity index (χ1v) is 12.5. The molecule has 12 heteroatoms. The number of ether oxygens (including phenoxy) is 1. The van der Waals surface area contributed by atoms with Crippen LogP contribution in [0.2, 0.25) is 0 Å². The van der Waals surface area contributed by atoms with Crippen LogP contribution in [0.1, 0.15) is 31.4 Å². The number of carbonyl (C=O) groups excluding carboxylic acids is 3. The Bertz CT molecular complexity index is 1320. The fourth-order valence-electron chi connectivity index (χ4n) is 4.10. The minimum atomic E-state index is -0.918. The molecule has 2 aromatic rings. The molecule has 0 bridgehead atoms. The van der Waals surface area contributed by atoms with E-state index in [9.17, 15) is 19.2 Å². The van der Waals surface area contributed by atoms with Gasteiger partial charge in [-0.05, 0) is 38.5 Å². The van der Waals surface area contributed by atoms with E-state index >= 15 is 0 Å². The topological polar surface area (TPSA) is 113 Å². The minimum absolute atomic E-state index is 0.147. The Balaban J connectivity index is 1.91. The van der Waals surface area contributed by atoms with Crippen LogP contribution in [-0.2, 0) is 19.1 Å². The standard InChI is InChI=1S/C23H25N5O5S2/c1-4-26-22(32)16(35-23(26)34)11-14-19(25-18-13(3)7-6-9-28(18)21(14)31)27-10-8-24-20(30)15(27)12-17(29)33-5-2/h6-7,9,11,15H,4-5,8,10,12H2,1-3H3,(H,24,30)/b16-11-/t15-/m1/s1. The van der Waals surface area contributed by atoms with Crippen molar-refractivity contribution in [1.29, 1.82) is 0 Å². The molecule has 0 spiro atoms. The average Bonchev–Trinajstić information content (AvgIpc) is 3.09. The van der Waals surface area contributed by atoms with Gasteiger partial charge >= 0.3 is 5.97 Å². The van der Waals surface area contributed by atoms with Crippen molar-refractivity contribution >= 4 is 63.6 Å². The van der Waals surface area contributed by atoms with Gasteiger partial charge in [-0.15, -0.1) is 0 Å². The fraction of sp³-hybridized carbons (Fsp3) is 0.391. The van der Waals surface area contributed by atoms with Crippen LogP contribution in [0.5, 0.6) is 0 Å². The van der Waals surface area contributed by atoms with Crippen molar-refractivity contribution in [2.24, 2.45) is 0 Å². The number of nitrogens with zero attached hydrogens (tertiary/aromatic N) is 4. The summed E-state index contributed by atoms with van der Waals surface area (Å²) in [6.45, 7) is 6.57. The van der Waals surface area contributed by atoms with Crippen LogP contribution in [0.25, 0.3) is 11.7 Å². The maximum Gasteiger partial charge on any atom is 0.308 e. The molecule has 10 nitrogen and oxygen atoms in total. The Morgan fingerprint density at radius 1 is 1.34 bits per heavy atom. The van der Waals surface area contributed by atoms with E-state index in [1.54, 1.807) is 24.1 Å². The van der Waals surface area contributed by atoms with Gasteiger partial charge in [0.1, 0.15) is 21.8 Å². The van der Waals surface area contributed by atoms with Crippen molar-refractivity contribution in [1.82, 2.24) is 19.6 Å². The number of aryl methyl sites for hydroxylation is 1. The largest absolute Gasteiger partial charge is 0.466 e. The Morgan fingerprint density at radius 3 is 2.80 bits per heavy atom. The van der Waals surface area contributed by atoms with Crippen LogP contribution < -0.4 is 15.8 Å². The number of piperazine rings is 1. The van der Waals surface area contributed by atoms with Crippen LogP contribution in [0.4, 0.5) is 5.82 Å². The number of nitrogens with one attached hydrogen (secondary N) is 1. The predicted octanol–water partition coefficient (Wildman–Crippen LogP) is 1.48. The van der Waals surface area contributed by atoms with Crippen molar-refractivity contribution < 1.29 is 19.1 Å². The van der Waals surface area contributed by atoms with Crippen LogP contribution in [0.15, 0.2) is 28.0 Å². The number of aromatic nitrogens is 2. The van der Waals surface area contributed by atoms with E-state index in [1.807, 2.05) is 19.9 Å². The number of thiocarbonyl (C=S) groups is 1. The quantitative estimate of drug-likeness (QED) is 0.347. The maximum atomic E-state index is 13.7. The molecule has 0 radical (unpaired) electrons. The zero-order chi connectivity index (χ0) is 25.3. The Kier molecular flexibility index (Phi) is 7.22. The van der Waals surface area contributed by atoms with Gasteiger partial charge in [0, 0.05) is 25.8 Å². The normalized spacial score (nSPS) is 19.6. The summed E-state index contributed by atoms with van der Waals surface area (Å²) in [4.78, 5) is 59.8. The Hall–Kier alpha value is -3.25. The summed E-state index contributed by atoms with van der Waals surface area (Å²) in [5.41, 5.74) is 0.939. The highest BCUT2D eigenvalue weighted by Crippen LogP contribution is 2.34. The van der Waals surface area contributed by atoms with Crippen molar-refractivity contribution in [3.05, 3.63) is 44.7 Å². The molecule has 0 aliphatic carbocycles. The van der Waals surface area contributed by atoms with Gasteiger partial charge in [-0.25, -0.2) is 4.98 Å². The number of amides is 2. The fourth-order valence-corrected chi connectivity index (χ4v) is 5.46. The number of fused-ring (bicyclic) bond motifs is 1. The summed E-state index contributed by atoms with van der Waals surface area (Å²) in [6.07, 6.45) is 2.89. The summed E-state index contributed by atoms with van der Waals surface area (Å²) >= 11 is 6.43. The number of carbonyl (C=O) groups is 3. The van der Waals surface area contributed by atoms with Gasteiger partial charge in [-0.3, -0.25) is 28.5 Å².